The van der Waals surface area contributed by atoms with Gasteiger partial charge in [0.15, 0.2) is 17.5 Å². The minimum atomic E-state index is -0.229. The molecule has 0 spiro atoms. The molecule has 10 rings (SSSR count). The van der Waals surface area contributed by atoms with E-state index in [4.69, 9.17) is 19.4 Å². The molecule has 234 valence electrons. The number of fused-ring (bicyclic) bond motifs is 10. The van der Waals surface area contributed by atoms with Gasteiger partial charge in [0.2, 0.25) is 0 Å². The lowest BCUT2D eigenvalue weighted by Crippen LogP contribution is -2.15. The Morgan fingerprint density at radius 2 is 1.12 bits per heavy atom. The van der Waals surface area contributed by atoms with Crippen LogP contribution in [0.15, 0.2) is 126 Å². The molecule has 5 heteroatoms. The van der Waals surface area contributed by atoms with Crippen molar-refractivity contribution in [1.82, 2.24) is 19.9 Å². The highest BCUT2D eigenvalue weighted by Crippen LogP contribution is 2.54. The Labute approximate surface area is 284 Å². The van der Waals surface area contributed by atoms with Gasteiger partial charge in [-0.15, -0.1) is 0 Å². The summed E-state index contributed by atoms with van der Waals surface area (Å²) in [5.41, 5.74) is 14.3. The van der Waals surface area contributed by atoms with Gasteiger partial charge in [-0.05, 0) is 80.9 Å². The number of furan rings is 1. The van der Waals surface area contributed by atoms with Gasteiger partial charge >= 0.3 is 0 Å². The van der Waals surface area contributed by atoms with E-state index in [0.29, 0.717) is 23.2 Å². The number of rotatable bonds is 3. The molecular weight excluding hydrogens is 601 g/mol. The third-order valence-corrected chi connectivity index (χ3v) is 10.8. The average molecular weight is 633 g/mol. The van der Waals surface area contributed by atoms with Crippen LogP contribution in [0.4, 0.5) is 0 Å². The summed E-state index contributed by atoms with van der Waals surface area (Å²) in [5.74, 6) is 1.82. The molecule has 8 aromatic rings. The Kier molecular flexibility index (Phi) is 5.62. The van der Waals surface area contributed by atoms with Crippen LogP contribution in [0, 0.1) is 0 Å². The van der Waals surface area contributed by atoms with Crippen molar-refractivity contribution < 1.29 is 4.42 Å². The Balaban J connectivity index is 1.15. The molecule has 0 aliphatic heterocycles. The molecule has 0 unspecified atom stereocenters. The Morgan fingerprint density at radius 1 is 0.490 bits per heavy atom. The van der Waals surface area contributed by atoms with Crippen LogP contribution < -0.4 is 0 Å². The monoisotopic (exact) mass is 632 g/mol. The van der Waals surface area contributed by atoms with Gasteiger partial charge in [0.1, 0.15) is 16.9 Å². The topological polar surface area (TPSA) is 64.7 Å². The van der Waals surface area contributed by atoms with Crippen LogP contribution in [-0.4, -0.2) is 19.9 Å². The quantitative estimate of drug-likeness (QED) is 0.194. The molecule has 2 aliphatic rings. The number of pyridine rings is 1. The van der Waals surface area contributed by atoms with E-state index in [9.17, 15) is 0 Å². The van der Waals surface area contributed by atoms with E-state index in [1.54, 1.807) is 6.20 Å². The van der Waals surface area contributed by atoms with Crippen LogP contribution in [0.5, 0.6) is 0 Å². The predicted octanol–water partition coefficient (Wildman–Crippen LogP) is 10.8. The maximum atomic E-state index is 6.29. The lowest BCUT2D eigenvalue weighted by molar-refractivity contribution is 0.656. The van der Waals surface area contributed by atoms with Gasteiger partial charge in [-0.25, -0.2) is 15.0 Å². The second-order valence-corrected chi connectivity index (χ2v) is 14.3. The molecule has 3 aromatic heterocycles. The molecule has 5 aromatic carbocycles. The van der Waals surface area contributed by atoms with Crippen LogP contribution in [0.3, 0.4) is 0 Å². The number of para-hydroxylation sites is 1. The number of hydrogen-bond acceptors (Lipinski definition) is 5. The zero-order valence-corrected chi connectivity index (χ0v) is 27.7. The van der Waals surface area contributed by atoms with E-state index >= 15 is 0 Å². The molecule has 0 atom stereocenters. The minimum Gasteiger partial charge on any atom is -0.456 e. The summed E-state index contributed by atoms with van der Waals surface area (Å²) in [4.78, 5) is 19.8. The van der Waals surface area contributed by atoms with Gasteiger partial charge in [-0.1, -0.05) is 107 Å². The first-order valence-corrected chi connectivity index (χ1v) is 16.8. The van der Waals surface area contributed by atoms with E-state index in [0.717, 1.165) is 27.7 Å². The van der Waals surface area contributed by atoms with Crippen molar-refractivity contribution in [2.24, 2.45) is 0 Å². The number of hydrogen-bond donors (Lipinski definition) is 0. The lowest BCUT2D eigenvalue weighted by Gasteiger charge is -2.22. The highest BCUT2D eigenvalue weighted by molar-refractivity contribution is 6.15. The third-order valence-electron chi connectivity index (χ3n) is 10.8. The fraction of sp³-hybridized carbons (Fsp3) is 0.136. The second kappa shape index (κ2) is 9.80. The summed E-state index contributed by atoms with van der Waals surface area (Å²) in [5, 5.41) is 2.32. The van der Waals surface area contributed by atoms with Crippen LogP contribution in [0.25, 0.3) is 78.5 Å². The third kappa shape index (κ3) is 3.93. The smallest absolute Gasteiger partial charge is 0.182 e. The maximum Gasteiger partial charge on any atom is 0.182 e. The summed E-state index contributed by atoms with van der Waals surface area (Å²) in [7, 11) is 0. The Hall–Kier alpha value is -5.94. The minimum absolute atomic E-state index is 0.131. The van der Waals surface area contributed by atoms with Crippen LogP contribution in [-0.2, 0) is 10.8 Å². The van der Waals surface area contributed by atoms with Crippen molar-refractivity contribution in [2.75, 3.05) is 0 Å². The number of aromatic nitrogens is 4. The van der Waals surface area contributed by atoms with E-state index in [2.05, 4.69) is 118 Å². The van der Waals surface area contributed by atoms with Crippen molar-refractivity contribution in [3.63, 3.8) is 0 Å². The van der Waals surface area contributed by atoms with Gasteiger partial charge < -0.3 is 4.42 Å². The molecule has 0 N–H and O–H groups in total. The Morgan fingerprint density at radius 3 is 1.90 bits per heavy atom. The van der Waals surface area contributed by atoms with Crippen molar-refractivity contribution in [2.45, 2.75) is 38.5 Å². The van der Waals surface area contributed by atoms with Gasteiger partial charge in [0, 0.05) is 38.9 Å². The Bertz CT molecular complexity index is 2670. The molecule has 2 aliphatic carbocycles. The zero-order valence-electron chi connectivity index (χ0n) is 27.7. The summed E-state index contributed by atoms with van der Waals surface area (Å²) in [6.07, 6.45) is 1.78. The van der Waals surface area contributed by atoms with Gasteiger partial charge in [0.25, 0.3) is 0 Å². The zero-order chi connectivity index (χ0) is 33.1. The molecule has 0 fully saturated rings. The van der Waals surface area contributed by atoms with Crippen LogP contribution in [0.1, 0.15) is 49.9 Å². The van der Waals surface area contributed by atoms with Gasteiger partial charge in [0.05, 0.1) is 0 Å². The second-order valence-electron chi connectivity index (χ2n) is 14.3. The summed E-state index contributed by atoms with van der Waals surface area (Å²) in [6.45, 7) is 9.20. The fourth-order valence-electron chi connectivity index (χ4n) is 8.27. The lowest BCUT2D eigenvalue weighted by atomic mass is 9.81. The summed E-state index contributed by atoms with van der Waals surface area (Å²) in [6, 6.07) is 40.5. The number of nitrogens with zero attached hydrogens (tertiary/aromatic N) is 4. The van der Waals surface area contributed by atoms with Crippen LogP contribution >= 0.6 is 0 Å². The molecule has 0 amide bonds. The molecule has 49 heavy (non-hydrogen) atoms. The first-order chi connectivity index (χ1) is 23.8. The molecule has 3 heterocycles. The molecule has 0 bridgehead atoms. The SMILES string of the molecule is CC1(C)c2ccccc2-c2ccc(-c3nc(-c4ccc5c(c4)C(C)(C)c4ccc6oc7ccccc7c6c4-5)nc(-c4ccccn4)n3)cc21. The molecule has 0 radical (unpaired) electrons. The highest BCUT2D eigenvalue weighted by atomic mass is 16.3. The highest BCUT2D eigenvalue weighted by Gasteiger charge is 2.38. The number of benzene rings is 5. The standard InChI is InChI=1S/C44H32N4O/c1-43(2)31-13-7-5-11-27(31)28-18-16-25(23-33(28)43)40-46-41(48-42(47-40)35-14-9-10-22-45-35)26-17-19-29-34(24-26)44(3,4)32-20-21-37-39(38(29)32)30-12-6-8-15-36(30)49-37/h5-24H,1-4H3. The van der Waals surface area contributed by atoms with Gasteiger partial charge in [-0.2, -0.15) is 0 Å². The molecule has 0 saturated carbocycles. The van der Waals surface area contributed by atoms with Crippen LogP contribution in [0.2, 0.25) is 0 Å². The predicted molar refractivity (Wildman–Crippen MR) is 196 cm³/mol. The van der Waals surface area contributed by atoms with Crippen molar-refractivity contribution >= 4 is 21.9 Å². The van der Waals surface area contributed by atoms with E-state index < -0.39 is 0 Å². The van der Waals surface area contributed by atoms with Crippen molar-refractivity contribution in [1.29, 1.82) is 0 Å². The van der Waals surface area contributed by atoms with Crippen molar-refractivity contribution in [3.05, 3.63) is 144 Å². The molecule has 5 nitrogen and oxygen atoms in total. The summed E-state index contributed by atoms with van der Waals surface area (Å²) < 4.78 is 6.29. The first-order valence-electron chi connectivity index (χ1n) is 16.8. The molecular formula is C44H32N4O. The van der Waals surface area contributed by atoms with E-state index in [-0.39, 0.29) is 10.8 Å². The average Bonchev–Trinajstić information content (AvgIpc) is 3.71. The molecule has 0 saturated heterocycles. The van der Waals surface area contributed by atoms with E-state index in [1.807, 2.05) is 30.3 Å². The van der Waals surface area contributed by atoms with Crippen molar-refractivity contribution in [3.8, 4) is 56.5 Å². The largest absolute Gasteiger partial charge is 0.456 e. The van der Waals surface area contributed by atoms with Gasteiger partial charge in [-0.3, -0.25) is 4.98 Å². The fourth-order valence-corrected chi connectivity index (χ4v) is 8.27. The normalized spacial score (nSPS) is 14.9. The summed E-state index contributed by atoms with van der Waals surface area (Å²) >= 11 is 0. The first kappa shape index (κ1) is 28.1. The maximum absolute atomic E-state index is 6.29. The van der Waals surface area contributed by atoms with E-state index in [1.165, 1.54) is 49.9 Å².